The maximum absolute atomic E-state index is 11.2. The molecule has 0 rings (SSSR count). The molecule has 2 N–H and O–H groups in total. The summed E-state index contributed by atoms with van der Waals surface area (Å²) in [6.07, 6.45) is 2.03. The summed E-state index contributed by atoms with van der Waals surface area (Å²) in [6, 6.07) is 0.0926. The predicted octanol–water partition coefficient (Wildman–Crippen LogP) is 0.0389. The van der Waals surface area contributed by atoms with Crippen LogP contribution in [0.15, 0.2) is 0 Å². The summed E-state index contributed by atoms with van der Waals surface area (Å²) in [5, 5.41) is 5.31. The second kappa shape index (κ2) is 7.98. The monoisotopic (exact) mass is 228 g/mol. The smallest absolute Gasteiger partial charge is 0.287 e. The number of hydrogen-bond donors (Lipinski definition) is 2. The van der Waals surface area contributed by atoms with Crippen LogP contribution in [0, 0.1) is 0 Å². The summed E-state index contributed by atoms with van der Waals surface area (Å²) in [7, 11) is 3.22. The predicted molar refractivity (Wildman–Crippen MR) is 61.1 cm³/mol. The maximum Gasteiger partial charge on any atom is 0.287 e. The number of amides is 1. The van der Waals surface area contributed by atoms with Gasteiger partial charge >= 0.3 is 0 Å². The van der Waals surface area contributed by atoms with Gasteiger partial charge < -0.3 is 10.6 Å². The Balaban J connectivity index is 3.82. The molecule has 0 heterocycles. The lowest BCUT2D eigenvalue weighted by molar-refractivity contribution is -0.137. The van der Waals surface area contributed by atoms with E-state index in [0.29, 0.717) is 12.8 Å². The first-order chi connectivity index (χ1) is 7.51. The highest BCUT2D eigenvalue weighted by Gasteiger charge is 2.13. The Hall–Kier alpha value is -1.23. The Labute approximate surface area is 96.0 Å². The number of carbonyl (C=O) groups excluding carboxylic acids is 3. The summed E-state index contributed by atoms with van der Waals surface area (Å²) < 4.78 is 0. The van der Waals surface area contributed by atoms with Gasteiger partial charge in [0.15, 0.2) is 0 Å². The average Bonchev–Trinajstić information content (AvgIpc) is 2.25. The highest BCUT2D eigenvalue weighted by atomic mass is 16.2. The van der Waals surface area contributed by atoms with Crippen LogP contribution in [-0.4, -0.2) is 37.6 Å². The van der Waals surface area contributed by atoms with E-state index >= 15 is 0 Å². The third kappa shape index (κ3) is 6.29. The van der Waals surface area contributed by atoms with Crippen LogP contribution in [0.5, 0.6) is 0 Å². The summed E-state index contributed by atoms with van der Waals surface area (Å²) in [4.78, 5) is 33.0. The van der Waals surface area contributed by atoms with E-state index in [2.05, 4.69) is 10.6 Å². The van der Waals surface area contributed by atoms with E-state index in [9.17, 15) is 14.4 Å². The third-order valence-corrected chi connectivity index (χ3v) is 2.38. The van der Waals surface area contributed by atoms with Gasteiger partial charge in [-0.1, -0.05) is 0 Å². The van der Waals surface area contributed by atoms with Crippen LogP contribution in [0.25, 0.3) is 0 Å². The van der Waals surface area contributed by atoms with E-state index in [-0.39, 0.29) is 18.2 Å². The third-order valence-electron chi connectivity index (χ3n) is 2.38. The molecule has 0 aromatic heterocycles. The summed E-state index contributed by atoms with van der Waals surface area (Å²) in [5.41, 5.74) is 0. The molecule has 0 aliphatic rings. The standard InChI is InChI=1S/C11H20N2O3/c1-8(14)7-9(12-2)5-4-6-10(15)11(16)13-3/h9,12H,4-7H2,1-3H3,(H,13,16)/t9-/m0/s1. The van der Waals surface area contributed by atoms with E-state index in [1.807, 2.05) is 0 Å². The Morgan fingerprint density at radius 2 is 1.81 bits per heavy atom. The minimum Gasteiger partial charge on any atom is -0.353 e. The fourth-order valence-electron chi connectivity index (χ4n) is 1.46. The Morgan fingerprint density at radius 1 is 1.19 bits per heavy atom. The van der Waals surface area contributed by atoms with Crippen LogP contribution in [0.2, 0.25) is 0 Å². The summed E-state index contributed by atoms with van der Waals surface area (Å²) in [5.74, 6) is -0.829. The fourth-order valence-corrected chi connectivity index (χ4v) is 1.46. The molecule has 0 aromatic carbocycles. The van der Waals surface area contributed by atoms with E-state index in [1.165, 1.54) is 7.05 Å². The molecule has 0 saturated heterocycles. The number of likely N-dealkylation sites (N-methyl/N-ethyl adjacent to an activating group) is 1. The zero-order chi connectivity index (χ0) is 12.6. The quantitative estimate of drug-likeness (QED) is 0.575. The van der Waals surface area contributed by atoms with Gasteiger partial charge in [0.25, 0.3) is 5.91 Å². The topological polar surface area (TPSA) is 75.3 Å². The van der Waals surface area contributed by atoms with Crippen LogP contribution in [-0.2, 0) is 14.4 Å². The zero-order valence-electron chi connectivity index (χ0n) is 10.1. The van der Waals surface area contributed by atoms with Crippen LogP contribution in [0.1, 0.15) is 32.6 Å². The first-order valence-electron chi connectivity index (χ1n) is 5.42. The van der Waals surface area contributed by atoms with Gasteiger partial charge in [0.2, 0.25) is 5.78 Å². The molecule has 0 bridgehead atoms. The fraction of sp³-hybridized carbons (Fsp3) is 0.727. The molecule has 0 fully saturated rings. The van der Waals surface area contributed by atoms with Gasteiger partial charge in [-0.3, -0.25) is 14.4 Å². The van der Waals surface area contributed by atoms with Gasteiger partial charge in [0.05, 0.1) is 0 Å². The summed E-state index contributed by atoms with van der Waals surface area (Å²) >= 11 is 0. The van der Waals surface area contributed by atoms with Crippen molar-refractivity contribution < 1.29 is 14.4 Å². The van der Waals surface area contributed by atoms with Gasteiger partial charge in [-0.25, -0.2) is 0 Å². The largest absolute Gasteiger partial charge is 0.353 e. The van der Waals surface area contributed by atoms with E-state index in [0.717, 1.165) is 6.42 Å². The molecule has 92 valence electrons. The molecule has 5 heteroatoms. The van der Waals surface area contributed by atoms with Crippen molar-refractivity contribution in [2.45, 2.75) is 38.6 Å². The molecule has 0 spiro atoms. The molecule has 1 atom stereocenters. The van der Waals surface area contributed by atoms with Crippen LogP contribution < -0.4 is 10.6 Å². The number of hydrogen-bond acceptors (Lipinski definition) is 4. The number of nitrogens with one attached hydrogen (secondary N) is 2. The van der Waals surface area contributed by atoms with Gasteiger partial charge in [-0.2, -0.15) is 0 Å². The normalized spacial score (nSPS) is 11.9. The van der Waals surface area contributed by atoms with Crippen molar-refractivity contribution >= 4 is 17.5 Å². The molecular formula is C11H20N2O3. The molecule has 0 saturated carbocycles. The Kier molecular flexibility index (Phi) is 7.37. The number of ketones is 2. The summed E-state index contributed by atoms with van der Waals surface area (Å²) in [6.45, 7) is 1.54. The highest BCUT2D eigenvalue weighted by Crippen LogP contribution is 2.05. The van der Waals surface area contributed by atoms with Crippen molar-refractivity contribution in [2.75, 3.05) is 14.1 Å². The average molecular weight is 228 g/mol. The van der Waals surface area contributed by atoms with Crippen molar-refractivity contribution in [3.63, 3.8) is 0 Å². The van der Waals surface area contributed by atoms with Crippen LogP contribution >= 0.6 is 0 Å². The minimum atomic E-state index is -0.549. The van der Waals surface area contributed by atoms with Gasteiger partial charge in [-0.15, -0.1) is 0 Å². The molecule has 0 aliphatic heterocycles. The molecular weight excluding hydrogens is 208 g/mol. The lowest BCUT2D eigenvalue weighted by Gasteiger charge is -2.13. The lowest BCUT2D eigenvalue weighted by atomic mass is 10.0. The molecule has 0 aliphatic carbocycles. The molecule has 0 radical (unpaired) electrons. The van der Waals surface area contributed by atoms with Crippen molar-refractivity contribution in [2.24, 2.45) is 0 Å². The van der Waals surface area contributed by atoms with E-state index in [1.54, 1.807) is 14.0 Å². The molecule has 16 heavy (non-hydrogen) atoms. The second-order valence-corrected chi connectivity index (χ2v) is 3.79. The Morgan fingerprint density at radius 3 is 2.25 bits per heavy atom. The first-order valence-corrected chi connectivity index (χ1v) is 5.42. The number of rotatable bonds is 8. The second-order valence-electron chi connectivity index (χ2n) is 3.79. The maximum atomic E-state index is 11.2. The zero-order valence-corrected chi connectivity index (χ0v) is 10.1. The Bertz CT molecular complexity index is 264. The lowest BCUT2D eigenvalue weighted by Crippen LogP contribution is -2.29. The van der Waals surface area contributed by atoms with Crippen LogP contribution in [0.4, 0.5) is 0 Å². The molecule has 0 aromatic rings. The minimum absolute atomic E-state index is 0.0926. The first kappa shape index (κ1) is 14.8. The SMILES string of the molecule is CNC(=O)C(=O)CCC[C@@H](CC(C)=O)NC. The number of carbonyl (C=O) groups is 3. The van der Waals surface area contributed by atoms with Crippen LogP contribution in [0.3, 0.4) is 0 Å². The van der Waals surface area contributed by atoms with Gasteiger partial charge in [0.1, 0.15) is 5.78 Å². The number of Topliss-reactive ketones (excluding diaryl/α,β-unsaturated/α-hetero) is 2. The van der Waals surface area contributed by atoms with Crippen molar-refractivity contribution in [1.82, 2.24) is 10.6 Å². The van der Waals surface area contributed by atoms with Crippen molar-refractivity contribution in [1.29, 1.82) is 0 Å². The van der Waals surface area contributed by atoms with E-state index < -0.39 is 11.7 Å². The van der Waals surface area contributed by atoms with Crippen molar-refractivity contribution in [3.8, 4) is 0 Å². The highest BCUT2D eigenvalue weighted by molar-refractivity contribution is 6.36. The van der Waals surface area contributed by atoms with E-state index in [4.69, 9.17) is 0 Å². The van der Waals surface area contributed by atoms with Gasteiger partial charge in [-0.05, 0) is 26.8 Å². The molecule has 0 unspecified atom stereocenters. The molecule has 5 nitrogen and oxygen atoms in total. The molecule has 1 amide bonds. The van der Waals surface area contributed by atoms with Gasteiger partial charge in [0, 0.05) is 25.9 Å². The van der Waals surface area contributed by atoms with Crippen molar-refractivity contribution in [3.05, 3.63) is 0 Å².